The highest BCUT2D eigenvalue weighted by Gasteiger charge is 2.05. The molecule has 4 heteroatoms. The molecule has 0 unspecified atom stereocenters. The highest BCUT2D eigenvalue weighted by molar-refractivity contribution is 7.98. The van der Waals surface area contributed by atoms with Crippen LogP contribution in [0.3, 0.4) is 0 Å². The third-order valence-corrected chi connectivity index (χ3v) is 4.21. The summed E-state index contributed by atoms with van der Waals surface area (Å²) in [6.07, 6.45) is 2.10. The lowest BCUT2D eigenvalue weighted by molar-refractivity contribution is 0.855. The van der Waals surface area contributed by atoms with E-state index >= 15 is 0 Å². The maximum atomic E-state index is 4.64. The van der Waals surface area contributed by atoms with Crippen LogP contribution in [0.25, 0.3) is 0 Å². The van der Waals surface area contributed by atoms with Crippen LogP contribution in [0.2, 0.25) is 0 Å². The Hall–Kier alpha value is -1.55. The highest BCUT2D eigenvalue weighted by Crippen LogP contribution is 2.25. The smallest absolute Gasteiger partial charge is 0.141 e. The molecule has 2 aromatic rings. The second kappa shape index (κ2) is 7.29. The predicted octanol–water partition coefficient (Wildman–Crippen LogP) is 4.07. The SMILES string of the molecule is CCCc1cc(NC)nc(CSc2ccccc2C)n1. The number of nitrogens with one attached hydrogen (secondary N) is 1. The van der Waals surface area contributed by atoms with Crippen molar-refractivity contribution in [2.75, 3.05) is 12.4 Å². The monoisotopic (exact) mass is 287 g/mol. The van der Waals surface area contributed by atoms with E-state index in [9.17, 15) is 0 Å². The topological polar surface area (TPSA) is 37.8 Å². The zero-order valence-electron chi connectivity index (χ0n) is 12.3. The molecular formula is C16H21N3S. The van der Waals surface area contributed by atoms with Gasteiger partial charge in [0.1, 0.15) is 11.6 Å². The highest BCUT2D eigenvalue weighted by atomic mass is 32.2. The Kier molecular flexibility index (Phi) is 5.41. The number of nitrogens with zero attached hydrogens (tertiary/aromatic N) is 2. The molecule has 0 atom stereocenters. The van der Waals surface area contributed by atoms with Gasteiger partial charge in [0.05, 0.1) is 5.75 Å². The lowest BCUT2D eigenvalue weighted by Gasteiger charge is -2.08. The molecule has 0 spiro atoms. The molecule has 106 valence electrons. The molecular weight excluding hydrogens is 266 g/mol. The summed E-state index contributed by atoms with van der Waals surface area (Å²) in [6, 6.07) is 10.5. The van der Waals surface area contributed by atoms with Crippen LogP contribution < -0.4 is 5.32 Å². The van der Waals surface area contributed by atoms with Crippen LogP contribution in [0.4, 0.5) is 5.82 Å². The first-order valence-corrected chi connectivity index (χ1v) is 7.94. The minimum atomic E-state index is 0.803. The Balaban J connectivity index is 2.12. The van der Waals surface area contributed by atoms with Crippen LogP contribution in [0.15, 0.2) is 35.2 Å². The molecule has 0 radical (unpaired) electrons. The van der Waals surface area contributed by atoms with Gasteiger partial charge in [-0.1, -0.05) is 31.5 Å². The second-order valence-electron chi connectivity index (χ2n) is 4.71. The molecule has 0 aliphatic rings. The molecule has 1 aromatic heterocycles. The number of benzene rings is 1. The fraction of sp³-hybridized carbons (Fsp3) is 0.375. The zero-order chi connectivity index (χ0) is 14.4. The van der Waals surface area contributed by atoms with Gasteiger partial charge in [-0.15, -0.1) is 11.8 Å². The Morgan fingerprint density at radius 2 is 2.00 bits per heavy atom. The number of aryl methyl sites for hydroxylation is 2. The van der Waals surface area contributed by atoms with E-state index in [4.69, 9.17) is 0 Å². The van der Waals surface area contributed by atoms with Crippen LogP contribution in [-0.4, -0.2) is 17.0 Å². The third kappa shape index (κ3) is 3.97. The van der Waals surface area contributed by atoms with E-state index < -0.39 is 0 Å². The Labute approximate surface area is 125 Å². The van der Waals surface area contributed by atoms with E-state index in [1.807, 2.05) is 13.1 Å². The molecule has 1 heterocycles. The fourth-order valence-corrected chi connectivity index (χ4v) is 2.87. The number of hydrogen-bond acceptors (Lipinski definition) is 4. The number of hydrogen-bond donors (Lipinski definition) is 1. The summed E-state index contributed by atoms with van der Waals surface area (Å²) in [5, 5.41) is 3.12. The van der Waals surface area contributed by atoms with Gasteiger partial charge in [-0.3, -0.25) is 0 Å². The Morgan fingerprint density at radius 1 is 1.20 bits per heavy atom. The second-order valence-corrected chi connectivity index (χ2v) is 5.73. The quantitative estimate of drug-likeness (QED) is 0.813. The number of anilines is 1. The fourth-order valence-electron chi connectivity index (χ4n) is 1.99. The van der Waals surface area contributed by atoms with Crippen molar-refractivity contribution in [2.45, 2.75) is 37.3 Å². The summed E-state index contributed by atoms with van der Waals surface area (Å²) < 4.78 is 0. The lowest BCUT2D eigenvalue weighted by Crippen LogP contribution is -2.03. The van der Waals surface area contributed by atoms with Crippen molar-refractivity contribution in [3.63, 3.8) is 0 Å². The van der Waals surface area contributed by atoms with Gasteiger partial charge in [0.15, 0.2) is 0 Å². The van der Waals surface area contributed by atoms with Crippen molar-refractivity contribution in [2.24, 2.45) is 0 Å². The molecule has 3 nitrogen and oxygen atoms in total. The van der Waals surface area contributed by atoms with E-state index in [1.54, 1.807) is 11.8 Å². The van der Waals surface area contributed by atoms with Crippen LogP contribution in [-0.2, 0) is 12.2 Å². The normalized spacial score (nSPS) is 10.6. The van der Waals surface area contributed by atoms with Gasteiger partial charge in [-0.2, -0.15) is 0 Å². The van der Waals surface area contributed by atoms with Crippen molar-refractivity contribution >= 4 is 17.6 Å². The minimum Gasteiger partial charge on any atom is -0.373 e. The molecule has 0 aliphatic carbocycles. The van der Waals surface area contributed by atoms with E-state index in [2.05, 4.69) is 53.4 Å². The Bertz CT molecular complexity index is 569. The molecule has 0 aliphatic heterocycles. The Morgan fingerprint density at radius 3 is 2.70 bits per heavy atom. The molecule has 0 saturated carbocycles. The molecule has 1 N–H and O–H groups in total. The van der Waals surface area contributed by atoms with Gasteiger partial charge >= 0.3 is 0 Å². The molecule has 0 saturated heterocycles. The summed E-state index contributed by atoms with van der Waals surface area (Å²) in [5.41, 5.74) is 2.42. The molecule has 1 aromatic carbocycles. The van der Waals surface area contributed by atoms with Crippen molar-refractivity contribution < 1.29 is 0 Å². The summed E-state index contributed by atoms with van der Waals surface area (Å²) in [5.74, 6) is 2.61. The van der Waals surface area contributed by atoms with Crippen molar-refractivity contribution in [1.82, 2.24) is 9.97 Å². The first kappa shape index (κ1) is 14.9. The standard InChI is InChI=1S/C16H21N3S/c1-4-7-13-10-15(17-3)19-16(18-13)11-20-14-9-6-5-8-12(14)2/h5-6,8-10H,4,7,11H2,1-3H3,(H,17,18,19). The number of aromatic nitrogens is 2. The first-order chi connectivity index (χ1) is 9.72. The van der Waals surface area contributed by atoms with Gasteiger partial charge in [-0.05, 0) is 25.0 Å². The van der Waals surface area contributed by atoms with Crippen LogP contribution in [0.5, 0.6) is 0 Å². The molecule has 2 rings (SSSR count). The molecule has 20 heavy (non-hydrogen) atoms. The summed E-state index contributed by atoms with van der Waals surface area (Å²) in [4.78, 5) is 10.5. The van der Waals surface area contributed by atoms with Crippen molar-refractivity contribution in [3.05, 3.63) is 47.4 Å². The minimum absolute atomic E-state index is 0.803. The van der Waals surface area contributed by atoms with Gasteiger partial charge in [0.2, 0.25) is 0 Å². The van der Waals surface area contributed by atoms with Gasteiger partial charge in [0.25, 0.3) is 0 Å². The van der Waals surface area contributed by atoms with E-state index in [-0.39, 0.29) is 0 Å². The van der Waals surface area contributed by atoms with E-state index in [1.165, 1.54) is 10.5 Å². The summed E-state index contributed by atoms with van der Waals surface area (Å²) >= 11 is 1.79. The van der Waals surface area contributed by atoms with Crippen LogP contribution >= 0.6 is 11.8 Å². The zero-order valence-corrected chi connectivity index (χ0v) is 13.1. The molecule has 0 bridgehead atoms. The van der Waals surface area contributed by atoms with Crippen LogP contribution in [0, 0.1) is 6.92 Å². The first-order valence-electron chi connectivity index (χ1n) is 6.96. The van der Waals surface area contributed by atoms with Crippen LogP contribution in [0.1, 0.15) is 30.4 Å². The maximum Gasteiger partial charge on any atom is 0.141 e. The van der Waals surface area contributed by atoms with Gasteiger partial charge < -0.3 is 5.32 Å². The average molecular weight is 287 g/mol. The predicted molar refractivity (Wildman–Crippen MR) is 86.3 cm³/mol. The van der Waals surface area contributed by atoms with Gasteiger partial charge in [-0.25, -0.2) is 9.97 Å². The molecule has 0 amide bonds. The number of rotatable bonds is 6. The van der Waals surface area contributed by atoms with Crippen molar-refractivity contribution in [1.29, 1.82) is 0 Å². The largest absolute Gasteiger partial charge is 0.373 e. The maximum absolute atomic E-state index is 4.64. The summed E-state index contributed by atoms with van der Waals surface area (Å²) in [6.45, 7) is 4.30. The van der Waals surface area contributed by atoms with Crippen molar-refractivity contribution in [3.8, 4) is 0 Å². The van der Waals surface area contributed by atoms with Gasteiger partial charge in [0, 0.05) is 23.7 Å². The summed E-state index contributed by atoms with van der Waals surface area (Å²) in [7, 11) is 1.90. The lowest BCUT2D eigenvalue weighted by atomic mass is 10.2. The number of thioether (sulfide) groups is 1. The average Bonchev–Trinajstić information content (AvgIpc) is 2.46. The molecule has 0 fully saturated rings. The third-order valence-electron chi connectivity index (χ3n) is 3.04. The van der Waals surface area contributed by atoms with E-state index in [0.29, 0.717) is 0 Å². The van der Waals surface area contributed by atoms with E-state index in [0.717, 1.165) is 35.9 Å².